The number of halogens is 1. The molecule has 1 amide bonds. The number of nitrogens with one attached hydrogen (secondary N) is 1. The first-order valence-corrected chi connectivity index (χ1v) is 9.98. The van der Waals surface area contributed by atoms with Gasteiger partial charge in [-0.3, -0.25) is 9.69 Å². The highest BCUT2D eigenvalue weighted by Gasteiger charge is 2.31. The van der Waals surface area contributed by atoms with Gasteiger partial charge in [-0.15, -0.1) is 0 Å². The fraction of sp³-hybridized carbons (Fsp3) is 0.158. The topological polar surface area (TPSA) is 35.6 Å². The molecule has 0 radical (unpaired) electrons. The van der Waals surface area contributed by atoms with Crippen molar-refractivity contribution in [3.63, 3.8) is 0 Å². The monoisotopic (exact) mass is 447 g/mol. The van der Waals surface area contributed by atoms with Gasteiger partial charge in [0, 0.05) is 29.9 Å². The van der Waals surface area contributed by atoms with Crippen LogP contribution in [0.3, 0.4) is 0 Å². The maximum Gasteiger partial charge on any atom is 0.267 e. The third-order valence-corrected chi connectivity index (χ3v) is 5.77. The van der Waals surface area contributed by atoms with Gasteiger partial charge in [-0.1, -0.05) is 52.0 Å². The molecule has 1 heterocycles. The predicted octanol–water partition coefficient (Wildman–Crippen LogP) is 4.79. The minimum Gasteiger partial charge on any atom is -0.378 e. The highest BCUT2D eigenvalue weighted by atomic mass is 79.9. The van der Waals surface area contributed by atoms with E-state index < -0.39 is 0 Å². The molecule has 1 N–H and O–H groups in total. The number of nitrogens with zero attached hydrogens (tertiary/aromatic N) is 2. The van der Waals surface area contributed by atoms with Crippen molar-refractivity contribution in [1.82, 2.24) is 4.90 Å². The number of hydrogen-bond acceptors (Lipinski definition) is 5. The van der Waals surface area contributed by atoms with Gasteiger partial charge in [-0.25, -0.2) is 0 Å². The lowest BCUT2D eigenvalue weighted by atomic mass is 10.2. The van der Waals surface area contributed by atoms with Crippen molar-refractivity contribution >= 4 is 67.6 Å². The second-order valence-corrected chi connectivity index (χ2v) is 8.53. The van der Waals surface area contributed by atoms with Gasteiger partial charge in [0.05, 0.1) is 11.6 Å². The van der Waals surface area contributed by atoms with Gasteiger partial charge >= 0.3 is 0 Å². The van der Waals surface area contributed by atoms with Crippen molar-refractivity contribution in [1.29, 1.82) is 0 Å². The molecule has 1 saturated heterocycles. The van der Waals surface area contributed by atoms with Gasteiger partial charge < -0.3 is 10.2 Å². The SMILES string of the molecule is CN(C)c1ccc(/C=C2/SC(=S)N(CNc3ccc(Br)cc3)C2=O)cc1. The second kappa shape index (κ2) is 8.24. The molecule has 2 aromatic rings. The molecule has 26 heavy (non-hydrogen) atoms. The lowest BCUT2D eigenvalue weighted by Gasteiger charge is -2.16. The van der Waals surface area contributed by atoms with E-state index in [2.05, 4.69) is 21.2 Å². The lowest BCUT2D eigenvalue weighted by Crippen LogP contribution is -2.33. The van der Waals surface area contributed by atoms with Crippen LogP contribution in [0.5, 0.6) is 0 Å². The highest BCUT2D eigenvalue weighted by molar-refractivity contribution is 9.10. The van der Waals surface area contributed by atoms with E-state index in [-0.39, 0.29) is 5.91 Å². The normalized spacial score (nSPS) is 15.7. The minimum atomic E-state index is -0.0682. The molecule has 1 aliphatic heterocycles. The van der Waals surface area contributed by atoms with Crippen LogP contribution in [0.25, 0.3) is 6.08 Å². The molecular formula is C19H18BrN3OS2. The lowest BCUT2D eigenvalue weighted by molar-refractivity contribution is -0.121. The van der Waals surface area contributed by atoms with Crippen molar-refractivity contribution in [3.8, 4) is 0 Å². The first-order valence-electron chi connectivity index (χ1n) is 7.96. The zero-order valence-corrected chi connectivity index (χ0v) is 17.6. The average Bonchev–Trinajstić information content (AvgIpc) is 2.88. The van der Waals surface area contributed by atoms with Crippen LogP contribution in [-0.2, 0) is 4.79 Å². The van der Waals surface area contributed by atoms with E-state index in [1.54, 1.807) is 4.90 Å². The molecule has 1 aliphatic rings. The van der Waals surface area contributed by atoms with Crippen LogP contribution < -0.4 is 10.2 Å². The zero-order chi connectivity index (χ0) is 18.7. The number of carbonyl (C=O) groups is 1. The number of anilines is 2. The maximum absolute atomic E-state index is 12.7. The van der Waals surface area contributed by atoms with Crippen LogP contribution in [0.15, 0.2) is 57.9 Å². The van der Waals surface area contributed by atoms with Crippen molar-refractivity contribution in [3.05, 3.63) is 63.5 Å². The van der Waals surface area contributed by atoms with Crippen LogP contribution in [0.4, 0.5) is 11.4 Å². The fourth-order valence-corrected chi connectivity index (χ4v) is 3.91. The molecule has 134 valence electrons. The fourth-order valence-electron chi connectivity index (χ4n) is 2.39. The van der Waals surface area contributed by atoms with E-state index >= 15 is 0 Å². The summed E-state index contributed by atoms with van der Waals surface area (Å²) >= 11 is 10.1. The molecule has 2 aromatic carbocycles. The Balaban J connectivity index is 1.68. The van der Waals surface area contributed by atoms with E-state index in [1.807, 2.05) is 73.6 Å². The molecule has 0 atom stereocenters. The third kappa shape index (κ3) is 4.47. The van der Waals surface area contributed by atoms with E-state index in [0.717, 1.165) is 21.4 Å². The zero-order valence-electron chi connectivity index (χ0n) is 14.4. The Hall–Kier alpha value is -1.83. The van der Waals surface area contributed by atoms with Crippen molar-refractivity contribution in [2.45, 2.75) is 0 Å². The number of rotatable bonds is 5. The third-order valence-electron chi connectivity index (χ3n) is 3.87. The molecule has 7 heteroatoms. The summed E-state index contributed by atoms with van der Waals surface area (Å²) in [4.78, 5) is 16.9. The second-order valence-electron chi connectivity index (χ2n) is 5.94. The van der Waals surface area contributed by atoms with Gasteiger partial charge in [0.15, 0.2) is 0 Å². The number of carbonyl (C=O) groups excluding carboxylic acids is 1. The molecule has 0 unspecified atom stereocenters. The average molecular weight is 448 g/mol. The molecule has 0 aromatic heterocycles. The van der Waals surface area contributed by atoms with Crippen LogP contribution in [-0.4, -0.2) is 35.9 Å². The Morgan fingerprint density at radius 1 is 1.15 bits per heavy atom. The number of thioether (sulfide) groups is 1. The van der Waals surface area contributed by atoms with Gasteiger partial charge in [0.25, 0.3) is 5.91 Å². The number of hydrogen-bond donors (Lipinski definition) is 1. The molecule has 0 aliphatic carbocycles. The Morgan fingerprint density at radius 2 is 1.81 bits per heavy atom. The molecular weight excluding hydrogens is 430 g/mol. The Morgan fingerprint density at radius 3 is 2.42 bits per heavy atom. The number of thiocarbonyl (C=S) groups is 1. The first kappa shape index (κ1) is 18.9. The summed E-state index contributed by atoms with van der Waals surface area (Å²) in [5, 5.41) is 3.23. The van der Waals surface area contributed by atoms with Gasteiger partial charge in [-0.05, 0) is 48.0 Å². The van der Waals surface area contributed by atoms with E-state index in [1.165, 1.54) is 11.8 Å². The van der Waals surface area contributed by atoms with E-state index in [9.17, 15) is 4.79 Å². The van der Waals surface area contributed by atoms with Gasteiger partial charge in [-0.2, -0.15) is 0 Å². The Bertz CT molecular complexity index is 848. The summed E-state index contributed by atoms with van der Waals surface area (Å²) in [6.07, 6.45) is 1.89. The smallest absolute Gasteiger partial charge is 0.267 e. The van der Waals surface area contributed by atoms with Crippen molar-refractivity contribution < 1.29 is 4.79 Å². The van der Waals surface area contributed by atoms with E-state index in [0.29, 0.717) is 15.9 Å². The highest BCUT2D eigenvalue weighted by Crippen LogP contribution is 2.32. The van der Waals surface area contributed by atoms with Crippen LogP contribution in [0.1, 0.15) is 5.56 Å². The summed E-state index contributed by atoms with van der Waals surface area (Å²) in [5.41, 5.74) is 3.04. The van der Waals surface area contributed by atoms with Crippen molar-refractivity contribution in [2.24, 2.45) is 0 Å². The molecule has 3 rings (SSSR count). The maximum atomic E-state index is 12.7. The molecule has 0 spiro atoms. The molecule has 0 bridgehead atoms. The summed E-state index contributed by atoms with van der Waals surface area (Å²) in [6, 6.07) is 15.9. The molecule has 4 nitrogen and oxygen atoms in total. The summed E-state index contributed by atoms with van der Waals surface area (Å²) in [7, 11) is 4.00. The van der Waals surface area contributed by atoms with Crippen molar-refractivity contribution in [2.75, 3.05) is 31.0 Å². The summed E-state index contributed by atoms with van der Waals surface area (Å²) < 4.78 is 1.58. The van der Waals surface area contributed by atoms with Gasteiger partial charge in [0.2, 0.25) is 0 Å². The van der Waals surface area contributed by atoms with Crippen LogP contribution >= 0.6 is 39.9 Å². The van der Waals surface area contributed by atoms with Gasteiger partial charge in [0.1, 0.15) is 4.32 Å². The van der Waals surface area contributed by atoms with E-state index in [4.69, 9.17) is 12.2 Å². The summed E-state index contributed by atoms with van der Waals surface area (Å²) in [5.74, 6) is -0.0682. The number of amides is 1. The molecule has 1 fully saturated rings. The van der Waals surface area contributed by atoms with Crippen LogP contribution in [0.2, 0.25) is 0 Å². The number of benzene rings is 2. The summed E-state index contributed by atoms with van der Waals surface area (Å²) in [6.45, 7) is 0.350. The van der Waals surface area contributed by atoms with Crippen LogP contribution in [0, 0.1) is 0 Å². The Kier molecular flexibility index (Phi) is 6.01. The standard InChI is InChI=1S/C19H18BrN3OS2/c1-22(2)16-9-3-13(4-10-16)11-17-18(24)23(19(25)26-17)12-21-15-7-5-14(20)6-8-15/h3-11,21H,12H2,1-2H3/b17-11+. The largest absolute Gasteiger partial charge is 0.378 e. The first-order chi connectivity index (χ1) is 12.4. The minimum absolute atomic E-state index is 0.0682. The quantitative estimate of drug-likeness (QED) is 0.526. The Labute approximate surface area is 171 Å². The predicted molar refractivity (Wildman–Crippen MR) is 118 cm³/mol. The molecule has 0 saturated carbocycles.